The summed E-state index contributed by atoms with van der Waals surface area (Å²) in [5.74, 6) is 0.293. The van der Waals surface area contributed by atoms with Crippen molar-refractivity contribution in [3.8, 4) is 0 Å². The third-order valence-electron chi connectivity index (χ3n) is 5.55. The standard InChI is InChI=1S/C24H31N7O2S/c1-4-10-25-21-19-14-27-31(22(19)29-24(28-21)34-16(2)3)12-11-26-23(33)17-13-20(32)30(15-17)18-8-6-5-7-9-18/h5-9,14,16-17H,4,10-13,15H2,1-3H3,(H,26,33)(H,25,28,29). The molecular formula is C24H31N7O2S. The largest absolute Gasteiger partial charge is 0.369 e. The molecule has 180 valence electrons. The first kappa shape index (κ1) is 24.0. The number of rotatable bonds is 10. The molecule has 0 saturated carbocycles. The Balaban J connectivity index is 1.40. The third kappa shape index (κ3) is 5.49. The van der Waals surface area contributed by atoms with Crippen LogP contribution < -0.4 is 15.5 Å². The van der Waals surface area contributed by atoms with E-state index in [1.807, 2.05) is 30.3 Å². The van der Waals surface area contributed by atoms with Gasteiger partial charge in [0.15, 0.2) is 10.8 Å². The second-order valence-corrected chi connectivity index (χ2v) is 10.1. The second-order valence-electron chi connectivity index (χ2n) is 8.59. The van der Waals surface area contributed by atoms with Gasteiger partial charge in [-0.05, 0) is 18.6 Å². The van der Waals surface area contributed by atoms with Crippen LogP contribution in [0.25, 0.3) is 11.0 Å². The summed E-state index contributed by atoms with van der Waals surface area (Å²) in [5.41, 5.74) is 1.57. The average molecular weight is 482 g/mol. The number of amides is 2. The first-order chi connectivity index (χ1) is 16.5. The van der Waals surface area contributed by atoms with Crippen LogP contribution in [0.15, 0.2) is 41.7 Å². The Morgan fingerprint density at radius 2 is 2.00 bits per heavy atom. The van der Waals surface area contributed by atoms with Crippen LogP contribution in [0, 0.1) is 5.92 Å². The number of benzene rings is 1. The van der Waals surface area contributed by atoms with Gasteiger partial charge in [0.25, 0.3) is 0 Å². The average Bonchev–Trinajstić information content (AvgIpc) is 3.41. The van der Waals surface area contributed by atoms with Crippen molar-refractivity contribution >= 4 is 46.1 Å². The van der Waals surface area contributed by atoms with Gasteiger partial charge in [0.1, 0.15) is 5.82 Å². The number of thioether (sulfide) groups is 1. The summed E-state index contributed by atoms with van der Waals surface area (Å²) in [5, 5.41) is 12.8. The number of anilines is 2. The lowest BCUT2D eigenvalue weighted by molar-refractivity contribution is -0.126. The number of carbonyl (C=O) groups is 2. The quantitative estimate of drug-likeness (QED) is 0.338. The van der Waals surface area contributed by atoms with Gasteiger partial charge in [0.05, 0.1) is 24.0 Å². The molecule has 1 aliphatic heterocycles. The van der Waals surface area contributed by atoms with Crippen LogP contribution in [0.4, 0.5) is 11.5 Å². The van der Waals surface area contributed by atoms with E-state index in [4.69, 9.17) is 4.98 Å². The molecule has 9 nitrogen and oxygen atoms in total. The lowest BCUT2D eigenvalue weighted by atomic mass is 10.1. The Kier molecular flexibility index (Phi) is 7.66. The van der Waals surface area contributed by atoms with E-state index in [1.54, 1.807) is 27.5 Å². The van der Waals surface area contributed by atoms with E-state index in [2.05, 4.69) is 41.5 Å². The monoisotopic (exact) mass is 481 g/mol. The van der Waals surface area contributed by atoms with Gasteiger partial charge in [-0.25, -0.2) is 14.6 Å². The normalized spacial score (nSPS) is 15.9. The highest BCUT2D eigenvalue weighted by Gasteiger charge is 2.34. The maximum atomic E-state index is 12.7. The van der Waals surface area contributed by atoms with E-state index in [1.165, 1.54) is 0 Å². The minimum absolute atomic E-state index is 0.0246. The van der Waals surface area contributed by atoms with E-state index < -0.39 is 0 Å². The van der Waals surface area contributed by atoms with E-state index in [0.29, 0.717) is 30.0 Å². The number of carbonyl (C=O) groups excluding carboxylic acids is 2. The molecule has 0 bridgehead atoms. The minimum Gasteiger partial charge on any atom is -0.369 e. The summed E-state index contributed by atoms with van der Waals surface area (Å²) in [4.78, 5) is 36.2. The van der Waals surface area contributed by atoms with Crippen LogP contribution in [0.3, 0.4) is 0 Å². The van der Waals surface area contributed by atoms with Crippen LogP contribution in [0.5, 0.6) is 0 Å². The highest BCUT2D eigenvalue weighted by molar-refractivity contribution is 7.99. The minimum atomic E-state index is -0.358. The SMILES string of the molecule is CCCNc1nc(SC(C)C)nc2c1cnn2CCNC(=O)C1CC(=O)N(c2ccccc2)C1. The highest BCUT2D eigenvalue weighted by atomic mass is 32.2. The number of fused-ring (bicyclic) bond motifs is 1. The van der Waals surface area contributed by atoms with E-state index in [9.17, 15) is 9.59 Å². The van der Waals surface area contributed by atoms with Gasteiger partial charge in [-0.1, -0.05) is 50.7 Å². The molecule has 0 radical (unpaired) electrons. The number of para-hydroxylation sites is 1. The van der Waals surface area contributed by atoms with Crippen molar-refractivity contribution in [2.75, 3.05) is 29.9 Å². The van der Waals surface area contributed by atoms with Crippen molar-refractivity contribution in [1.29, 1.82) is 0 Å². The lowest BCUT2D eigenvalue weighted by Crippen LogP contribution is -2.35. The van der Waals surface area contributed by atoms with Crippen LogP contribution in [-0.4, -0.2) is 56.4 Å². The van der Waals surface area contributed by atoms with Crippen molar-refractivity contribution in [3.63, 3.8) is 0 Å². The fraction of sp³-hybridized carbons (Fsp3) is 0.458. The molecule has 0 spiro atoms. The second kappa shape index (κ2) is 10.9. The van der Waals surface area contributed by atoms with Gasteiger partial charge >= 0.3 is 0 Å². The van der Waals surface area contributed by atoms with E-state index >= 15 is 0 Å². The number of hydrogen-bond acceptors (Lipinski definition) is 7. The molecule has 1 aliphatic rings. The highest BCUT2D eigenvalue weighted by Crippen LogP contribution is 2.27. The molecule has 1 saturated heterocycles. The molecule has 3 heterocycles. The molecule has 1 unspecified atom stereocenters. The van der Waals surface area contributed by atoms with E-state index in [0.717, 1.165) is 35.5 Å². The Bertz CT molecular complexity index is 1150. The van der Waals surface area contributed by atoms with Gasteiger partial charge in [0, 0.05) is 37.0 Å². The van der Waals surface area contributed by atoms with Crippen LogP contribution in [-0.2, 0) is 16.1 Å². The zero-order chi connectivity index (χ0) is 24.1. The topological polar surface area (TPSA) is 105 Å². The van der Waals surface area contributed by atoms with Crippen molar-refractivity contribution in [3.05, 3.63) is 36.5 Å². The number of nitrogens with one attached hydrogen (secondary N) is 2. The predicted molar refractivity (Wildman–Crippen MR) is 135 cm³/mol. The molecule has 2 aromatic heterocycles. The first-order valence-corrected chi connectivity index (χ1v) is 12.6. The summed E-state index contributed by atoms with van der Waals surface area (Å²) in [6.07, 6.45) is 2.98. The maximum absolute atomic E-state index is 12.7. The molecule has 1 fully saturated rings. The molecule has 10 heteroatoms. The van der Waals surface area contributed by atoms with E-state index in [-0.39, 0.29) is 24.2 Å². The maximum Gasteiger partial charge on any atom is 0.227 e. The Morgan fingerprint density at radius 3 is 2.74 bits per heavy atom. The first-order valence-electron chi connectivity index (χ1n) is 11.7. The van der Waals surface area contributed by atoms with Crippen LogP contribution in [0.2, 0.25) is 0 Å². The summed E-state index contributed by atoms with van der Waals surface area (Å²) >= 11 is 1.61. The number of aromatic nitrogens is 4. The van der Waals surface area contributed by atoms with Gasteiger partial charge < -0.3 is 15.5 Å². The predicted octanol–water partition coefficient (Wildman–Crippen LogP) is 3.32. The molecule has 3 aromatic rings. The van der Waals surface area contributed by atoms with Crippen molar-refractivity contribution in [1.82, 2.24) is 25.1 Å². The van der Waals surface area contributed by atoms with Crippen molar-refractivity contribution in [2.45, 2.75) is 50.6 Å². The molecule has 1 aromatic carbocycles. The fourth-order valence-electron chi connectivity index (χ4n) is 3.91. The smallest absolute Gasteiger partial charge is 0.227 e. The summed E-state index contributed by atoms with van der Waals surface area (Å²) < 4.78 is 1.80. The Hall–Kier alpha value is -3.14. The molecule has 2 N–H and O–H groups in total. The Morgan fingerprint density at radius 1 is 1.21 bits per heavy atom. The molecule has 34 heavy (non-hydrogen) atoms. The molecule has 4 rings (SSSR count). The molecule has 2 amide bonds. The lowest BCUT2D eigenvalue weighted by Gasteiger charge is -2.16. The number of nitrogens with zero attached hydrogens (tertiary/aromatic N) is 5. The molecular weight excluding hydrogens is 450 g/mol. The van der Waals surface area contributed by atoms with Gasteiger partial charge in [-0.3, -0.25) is 9.59 Å². The van der Waals surface area contributed by atoms with Gasteiger partial charge in [0.2, 0.25) is 11.8 Å². The summed E-state index contributed by atoms with van der Waals surface area (Å²) in [6.45, 7) is 8.43. The molecule has 0 aliphatic carbocycles. The van der Waals surface area contributed by atoms with Crippen molar-refractivity contribution in [2.24, 2.45) is 5.92 Å². The Labute approximate surface area is 203 Å². The zero-order valence-corrected chi connectivity index (χ0v) is 20.6. The van der Waals surface area contributed by atoms with Crippen LogP contribution in [0.1, 0.15) is 33.6 Å². The summed E-state index contributed by atoms with van der Waals surface area (Å²) in [6, 6.07) is 9.46. The van der Waals surface area contributed by atoms with Crippen molar-refractivity contribution < 1.29 is 9.59 Å². The number of hydrogen-bond donors (Lipinski definition) is 2. The van der Waals surface area contributed by atoms with Gasteiger partial charge in [-0.2, -0.15) is 5.10 Å². The fourth-order valence-corrected chi connectivity index (χ4v) is 4.62. The van der Waals surface area contributed by atoms with Gasteiger partial charge in [-0.15, -0.1) is 0 Å². The zero-order valence-electron chi connectivity index (χ0n) is 19.8. The summed E-state index contributed by atoms with van der Waals surface area (Å²) in [7, 11) is 0. The van der Waals surface area contributed by atoms with Crippen LogP contribution >= 0.6 is 11.8 Å². The third-order valence-corrected chi connectivity index (χ3v) is 6.41. The molecule has 1 atom stereocenters.